The minimum absolute atomic E-state index is 0.0980. The number of benzene rings is 2. The first-order valence-corrected chi connectivity index (χ1v) is 8.78. The molecule has 5 nitrogen and oxygen atoms in total. The number of amides is 1. The highest BCUT2D eigenvalue weighted by atomic mass is 16.5. The number of carbonyl (C=O) groups excluding carboxylic acids is 1. The third-order valence-corrected chi connectivity index (χ3v) is 4.00. The molecule has 0 aliphatic carbocycles. The van der Waals surface area contributed by atoms with E-state index >= 15 is 0 Å². The van der Waals surface area contributed by atoms with Gasteiger partial charge in [0.15, 0.2) is 6.61 Å². The van der Waals surface area contributed by atoms with Crippen molar-refractivity contribution < 1.29 is 14.6 Å². The summed E-state index contributed by atoms with van der Waals surface area (Å²) in [7, 11) is 0. The Morgan fingerprint density at radius 3 is 2.50 bits per heavy atom. The maximum absolute atomic E-state index is 12.1. The number of nitrogens with one attached hydrogen (secondary N) is 1. The van der Waals surface area contributed by atoms with Crippen molar-refractivity contribution in [1.82, 2.24) is 5.43 Å². The number of nitrogens with zero attached hydrogens (tertiary/aromatic N) is 1. The zero-order valence-corrected chi connectivity index (χ0v) is 15.7. The molecule has 2 aromatic rings. The molecule has 0 saturated carbocycles. The average molecular weight is 354 g/mol. The number of phenols is 1. The van der Waals surface area contributed by atoms with Crippen LogP contribution >= 0.6 is 0 Å². The molecular formula is C21H26N2O3. The van der Waals surface area contributed by atoms with Gasteiger partial charge >= 0.3 is 0 Å². The Morgan fingerprint density at radius 2 is 1.88 bits per heavy atom. The van der Waals surface area contributed by atoms with Crippen molar-refractivity contribution in [1.29, 1.82) is 0 Å². The smallest absolute Gasteiger partial charge is 0.277 e. The van der Waals surface area contributed by atoms with E-state index in [0.29, 0.717) is 12.3 Å². The molecule has 138 valence electrons. The van der Waals surface area contributed by atoms with E-state index in [2.05, 4.69) is 24.4 Å². The van der Waals surface area contributed by atoms with Gasteiger partial charge in [0.25, 0.3) is 5.91 Å². The number of phenolic OH excluding ortho intramolecular Hbond substituents is 1. The zero-order valence-electron chi connectivity index (χ0n) is 15.7. The minimum atomic E-state index is -0.314. The van der Waals surface area contributed by atoms with Gasteiger partial charge in [-0.3, -0.25) is 4.79 Å². The molecule has 0 atom stereocenters. The number of hydrazone groups is 1. The van der Waals surface area contributed by atoms with Crippen LogP contribution in [0.15, 0.2) is 47.6 Å². The largest absolute Gasteiger partial charge is 0.508 e. The fraction of sp³-hybridized carbons (Fsp3) is 0.333. The summed E-state index contributed by atoms with van der Waals surface area (Å²) in [5.74, 6) is 0.924. The summed E-state index contributed by atoms with van der Waals surface area (Å²) in [6.45, 7) is 8.03. The summed E-state index contributed by atoms with van der Waals surface area (Å²) in [5.41, 5.74) is 6.29. The van der Waals surface area contributed by atoms with Gasteiger partial charge in [-0.25, -0.2) is 5.43 Å². The summed E-state index contributed by atoms with van der Waals surface area (Å²) in [5, 5.41) is 13.5. The van der Waals surface area contributed by atoms with Crippen LogP contribution in [0, 0.1) is 6.92 Å². The van der Waals surface area contributed by atoms with Crippen LogP contribution in [0.3, 0.4) is 0 Å². The van der Waals surface area contributed by atoms with Gasteiger partial charge in [0.2, 0.25) is 0 Å². The number of aryl methyl sites for hydroxylation is 1. The summed E-state index contributed by atoms with van der Waals surface area (Å²) >= 11 is 0. The number of hydrogen-bond acceptors (Lipinski definition) is 4. The average Bonchev–Trinajstić information content (AvgIpc) is 2.61. The van der Waals surface area contributed by atoms with Crippen molar-refractivity contribution in [2.24, 2.45) is 5.10 Å². The summed E-state index contributed by atoms with van der Waals surface area (Å²) in [4.78, 5) is 12.1. The predicted octanol–water partition coefficient (Wildman–Crippen LogP) is 4.13. The quantitative estimate of drug-likeness (QED) is 0.580. The molecular weight excluding hydrogens is 328 g/mol. The van der Waals surface area contributed by atoms with Gasteiger partial charge < -0.3 is 9.84 Å². The van der Waals surface area contributed by atoms with Crippen LogP contribution in [0.4, 0.5) is 0 Å². The van der Waals surface area contributed by atoms with Gasteiger partial charge in [0.05, 0.1) is 5.71 Å². The van der Waals surface area contributed by atoms with Crippen LogP contribution in [0.2, 0.25) is 0 Å². The van der Waals surface area contributed by atoms with Crippen LogP contribution in [-0.2, 0) is 4.79 Å². The molecule has 0 aliphatic rings. The van der Waals surface area contributed by atoms with Crippen molar-refractivity contribution in [3.8, 4) is 11.5 Å². The Bertz CT molecular complexity index is 780. The number of hydrogen-bond donors (Lipinski definition) is 2. The Labute approximate surface area is 154 Å². The van der Waals surface area contributed by atoms with Gasteiger partial charge in [-0.2, -0.15) is 5.10 Å². The molecule has 0 spiro atoms. The molecule has 0 fully saturated rings. The van der Waals surface area contributed by atoms with Crippen molar-refractivity contribution in [2.45, 2.75) is 40.0 Å². The summed E-state index contributed by atoms with van der Waals surface area (Å²) in [6.07, 6.45) is 0.654. The van der Waals surface area contributed by atoms with Gasteiger partial charge in [-0.15, -0.1) is 0 Å². The van der Waals surface area contributed by atoms with Crippen molar-refractivity contribution in [2.75, 3.05) is 6.61 Å². The van der Waals surface area contributed by atoms with Crippen molar-refractivity contribution in [3.05, 3.63) is 59.2 Å². The molecule has 26 heavy (non-hydrogen) atoms. The van der Waals surface area contributed by atoms with Crippen molar-refractivity contribution >= 4 is 11.6 Å². The monoisotopic (exact) mass is 354 g/mol. The maximum Gasteiger partial charge on any atom is 0.277 e. The van der Waals surface area contributed by atoms with Crippen LogP contribution < -0.4 is 10.2 Å². The second-order valence-corrected chi connectivity index (χ2v) is 6.48. The molecule has 0 heterocycles. The molecule has 0 aliphatic heterocycles. The highest BCUT2D eigenvalue weighted by molar-refractivity contribution is 6.01. The molecule has 0 saturated heterocycles. The third-order valence-electron chi connectivity index (χ3n) is 4.00. The van der Waals surface area contributed by atoms with E-state index in [1.54, 1.807) is 24.3 Å². The van der Waals surface area contributed by atoms with E-state index in [1.807, 2.05) is 32.0 Å². The van der Waals surface area contributed by atoms with E-state index in [0.717, 1.165) is 28.2 Å². The van der Waals surface area contributed by atoms with Gasteiger partial charge in [-0.05, 0) is 66.3 Å². The van der Waals surface area contributed by atoms with Crippen LogP contribution in [0.25, 0.3) is 0 Å². The van der Waals surface area contributed by atoms with Gasteiger partial charge in [0, 0.05) is 0 Å². The molecule has 5 heteroatoms. The maximum atomic E-state index is 12.1. The van der Waals surface area contributed by atoms with E-state index in [1.165, 1.54) is 0 Å². The molecule has 2 N–H and O–H groups in total. The Kier molecular flexibility index (Phi) is 6.78. The van der Waals surface area contributed by atoms with E-state index in [9.17, 15) is 9.90 Å². The number of aromatic hydroxyl groups is 1. The van der Waals surface area contributed by atoms with E-state index in [-0.39, 0.29) is 18.3 Å². The lowest BCUT2D eigenvalue weighted by molar-refractivity contribution is -0.123. The molecule has 0 aromatic heterocycles. The van der Waals surface area contributed by atoms with Crippen LogP contribution in [0.1, 0.15) is 49.8 Å². The van der Waals surface area contributed by atoms with Crippen LogP contribution in [0.5, 0.6) is 11.5 Å². The lowest BCUT2D eigenvalue weighted by Gasteiger charge is -2.14. The third kappa shape index (κ3) is 5.34. The van der Waals surface area contributed by atoms with Gasteiger partial charge in [0.1, 0.15) is 11.5 Å². The fourth-order valence-electron chi connectivity index (χ4n) is 2.55. The first-order chi connectivity index (χ1) is 12.4. The topological polar surface area (TPSA) is 70.9 Å². The molecule has 2 aromatic carbocycles. The van der Waals surface area contributed by atoms with Gasteiger partial charge in [-0.1, -0.05) is 32.9 Å². The molecule has 0 radical (unpaired) electrons. The first kappa shape index (κ1) is 19.5. The lowest BCUT2D eigenvalue weighted by Crippen LogP contribution is -2.26. The first-order valence-electron chi connectivity index (χ1n) is 8.78. The highest BCUT2D eigenvalue weighted by Crippen LogP contribution is 2.27. The Hall–Kier alpha value is -2.82. The van der Waals surface area contributed by atoms with Crippen molar-refractivity contribution in [3.63, 3.8) is 0 Å². The Balaban J connectivity index is 2.00. The molecule has 0 unspecified atom stereocenters. The summed E-state index contributed by atoms with van der Waals surface area (Å²) in [6, 6.07) is 12.7. The highest BCUT2D eigenvalue weighted by Gasteiger charge is 2.10. The molecule has 2 rings (SSSR count). The predicted molar refractivity (Wildman–Crippen MR) is 104 cm³/mol. The normalized spacial score (nSPS) is 11.5. The lowest BCUT2D eigenvalue weighted by atomic mass is 10.0. The fourth-order valence-corrected chi connectivity index (χ4v) is 2.55. The second kappa shape index (κ2) is 9.04. The van der Waals surface area contributed by atoms with Crippen LogP contribution in [-0.4, -0.2) is 23.3 Å². The molecule has 0 bridgehead atoms. The van der Waals surface area contributed by atoms with E-state index in [4.69, 9.17) is 4.74 Å². The summed E-state index contributed by atoms with van der Waals surface area (Å²) < 4.78 is 5.71. The Morgan fingerprint density at radius 1 is 1.19 bits per heavy atom. The molecule has 1 amide bonds. The number of rotatable bonds is 7. The minimum Gasteiger partial charge on any atom is -0.508 e. The SMILES string of the molecule is CCC(=NNC(=O)COc1cc(C)ccc1C(C)C)c1ccc(O)cc1. The number of carbonyl (C=O) groups is 1. The zero-order chi connectivity index (χ0) is 19.1. The van der Waals surface area contributed by atoms with E-state index < -0.39 is 0 Å². The standard InChI is InChI=1S/C21H26N2O3/c1-5-19(16-7-9-17(24)10-8-16)22-23-21(25)13-26-20-12-15(4)6-11-18(20)14(2)3/h6-12,14,24H,5,13H2,1-4H3,(H,23,25). The number of ether oxygens (including phenoxy) is 1. The second-order valence-electron chi connectivity index (χ2n) is 6.48.